The second-order valence-electron chi connectivity index (χ2n) is 9.93. The summed E-state index contributed by atoms with van der Waals surface area (Å²) in [5, 5.41) is 3.12. The van der Waals surface area contributed by atoms with E-state index in [1.807, 2.05) is 10.5 Å². The molecule has 4 heterocycles. The molecule has 1 fully saturated rings. The Morgan fingerprint density at radius 2 is 1.94 bits per heavy atom. The lowest BCUT2D eigenvalue weighted by Gasteiger charge is -2.21. The Kier molecular flexibility index (Phi) is 5.77. The molecule has 35 heavy (non-hydrogen) atoms. The lowest BCUT2D eigenvalue weighted by molar-refractivity contribution is 0.0835. The van der Waals surface area contributed by atoms with Crippen molar-refractivity contribution in [2.75, 3.05) is 13.2 Å². The first-order valence-corrected chi connectivity index (χ1v) is 12.9. The topological polar surface area (TPSA) is 88.5 Å². The van der Waals surface area contributed by atoms with Gasteiger partial charge in [-0.2, -0.15) is 0 Å². The summed E-state index contributed by atoms with van der Waals surface area (Å²) in [6.07, 6.45) is 10.9. The van der Waals surface area contributed by atoms with Crippen LogP contribution in [0.5, 0.6) is 0 Å². The fraction of sp³-hybridized carbons (Fsp3) is 0.444. The molecule has 2 unspecified atom stereocenters. The maximum absolute atomic E-state index is 13.5. The Labute approximate surface area is 208 Å². The van der Waals surface area contributed by atoms with Crippen LogP contribution in [0.3, 0.4) is 0 Å². The second kappa shape index (κ2) is 8.95. The van der Waals surface area contributed by atoms with Crippen LogP contribution in [0.4, 0.5) is 0 Å². The van der Waals surface area contributed by atoms with Gasteiger partial charge >= 0.3 is 0 Å². The molecule has 1 aromatic carbocycles. The van der Waals surface area contributed by atoms with E-state index in [1.165, 1.54) is 0 Å². The number of aromatic nitrogens is 3. The molecule has 2 aliphatic heterocycles. The number of ether oxygens (including phenoxy) is 1. The molecule has 0 radical (unpaired) electrons. The highest BCUT2D eigenvalue weighted by Gasteiger charge is 2.26. The number of allylic oxidation sites excluding steroid dienone is 3. The first-order chi connectivity index (χ1) is 17.0. The summed E-state index contributed by atoms with van der Waals surface area (Å²) >= 11 is 6.50. The molecule has 0 bridgehead atoms. The van der Waals surface area contributed by atoms with Gasteiger partial charge < -0.3 is 15.0 Å². The van der Waals surface area contributed by atoms with Gasteiger partial charge in [-0.15, -0.1) is 11.6 Å². The molecule has 6 rings (SSSR count). The van der Waals surface area contributed by atoms with Gasteiger partial charge in [-0.1, -0.05) is 19.1 Å². The van der Waals surface area contributed by atoms with Crippen molar-refractivity contribution in [3.05, 3.63) is 69.1 Å². The highest BCUT2D eigenvalue weighted by Crippen LogP contribution is 2.33. The van der Waals surface area contributed by atoms with Crippen LogP contribution in [-0.4, -0.2) is 38.9 Å². The molecule has 1 aliphatic carbocycles. The van der Waals surface area contributed by atoms with Crippen molar-refractivity contribution >= 4 is 34.1 Å². The van der Waals surface area contributed by atoms with E-state index in [0.717, 1.165) is 66.7 Å². The number of benzene rings is 1. The Balaban J connectivity index is 1.51. The van der Waals surface area contributed by atoms with Crippen LogP contribution >= 0.6 is 11.6 Å². The predicted molar refractivity (Wildman–Crippen MR) is 136 cm³/mol. The van der Waals surface area contributed by atoms with Gasteiger partial charge in [0.15, 0.2) is 0 Å². The molecule has 2 N–H and O–H groups in total. The van der Waals surface area contributed by atoms with E-state index < -0.39 is 0 Å². The Morgan fingerprint density at radius 1 is 1.11 bits per heavy atom. The fourth-order valence-electron chi connectivity index (χ4n) is 5.69. The molecule has 182 valence electrons. The van der Waals surface area contributed by atoms with Crippen LogP contribution < -0.4 is 10.9 Å². The van der Waals surface area contributed by atoms with Crippen molar-refractivity contribution in [3.63, 3.8) is 0 Å². The summed E-state index contributed by atoms with van der Waals surface area (Å²) in [7, 11) is 0. The van der Waals surface area contributed by atoms with Gasteiger partial charge in [0.05, 0.1) is 22.6 Å². The van der Waals surface area contributed by atoms with Crippen LogP contribution in [0.2, 0.25) is 0 Å². The van der Waals surface area contributed by atoms with Crippen molar-refractivity contribution < 1.29 is 9.53 Å². The number of fused-ring (bicyclic) bond motifs is 5. The molecule has 7 nitrogen and oxygen atoms in total. The maximum atomic E-state index is 13.5. The van der Waals surface area contributed by atoms with E-state index in [4.69, 9.17) is 16.3 Å². The standard InChI is InChI=1S/C27H29ClN4O3/c1-15-5-6-17-11-23-22(13-20(17)26(33)30-21-4-2-3-18(28)12-19(15)21)31-27(34)24-14-29-25(32(23)24)16-7-9-35-10-8-16/h4,11-16,18H,2-3,5-10H2,1H3,(H,30,33)(H,31,34). The van der Waals surface area contributed by atoms with E-state index in [9.17, 15) is 9.59 Å². The van der Waals surface area contributed by atoms with Crippen LogP contribution in [0.15, 0.2) is 46.5 Å². The number of nitrogens with one attached hydrogen (secondary N) is 2. The Morgan fingerprint density at radius 3 is 2.77 bits per heavy atom. The zero-order valence-corrected chi connectivity index (χ0v) is 20.5. The van der Waals surface area contributed by atoms with Crippen LogP contribution in [0, 0.1) is 5.92 Å². The molecular formula is C27H29ClN4O3. The molecule has 3 aliphatic rings. The number of H-pyrrole nitrogens is 1. The highest BCUT2D eigenvalue weighted by atomic mass is 35.5. The van der Waals surface area contributed by atoms with Gasteiger partial charge in [-0.05, 0) is 67.7 Å². The minimum Gasteiger partial charge on any atom is -0.381 e. The van der Waals surface area contributed by atoms with Gasteiger partial charge in [0.1, 0.15) is 11.3 Å². The monoisotopic (exact) mass is 492 g/mol. The number of carbonyl (C=O) groups is 1. The van der Waals surface area contributed by atoms with Crippen LogP contribution in [0.25, 0.3) is 16.6 Å². The Hall–Kier alpha value is -2.90. The quantitative estimate of drug-likeness (QED) is 0.486. The van der Waals surface area contributed by atoms with Gasteiger partial charge in [-0.25, -0.2) is 4.98 Å². The summed E-state index contributed by atoms with van der Waals surface area (Å²) in [6.45, 7) is 3.59. The van der Waals surface area contributed by atoms with Crippen LogP contribution in [0.1, 0.15) is 66.7 Å². The van der Waals surface area contributed by atoms with Gasteiger partial charge in [-0.3, -0.25) is 14.0 Å². The predicted octanol–water partition coefficient (Wildman–Crippen LogP) is 4.59. The van der Waals surface area contributed by atoms with Crippen molar-refractivity contribution in [1.82, 2.24) is 19.7 Å². The van der Waals surface area contributed by atoms with Crippen molar-refractivity contribution in [1.29, 1.82) is 0 Å². The fourth-order valence-corrected chi connectivity index (χ4v) is 5.95. The molecule has 3 aromatic rings. The zero-order valence-electron chi connectivity index (χ0n) is 19.8. The molecule has 2 atom stereocenters. The number of halogens is 1. The van der Waals surface area contributed by atoms with Gasteiger partial charge in [0.25, 0.3) is 11.5 Å². The third-order valence-corrected chi connectivity index (χ3v) is 8.00. The summed E-state index contributed by atoms with van der Waals surface area (Å²) in [4.78, 5) is 34.1. The zero-order chi connectivity index (χ0) is 24.1. The summed E-state index contributed by atoms with van der Waals surface area (Å²) in [5.74, 6) is 1.23. The maximum Gasteiger partial charge on any atom is 0.274 e. The number of aryl methyl sites for hydroxylation is 1. The molecule has 8 heteroatoms. The van der Waals surface area contributed by atoms with Crippen molar-refractivity contribution in [3.8, 4) is 0 Å². The summed E-state index contributed by atoms with van der Waals surface area (Å²) in [6, 6.07) is 3.90. The number of imidazole rings is 1. The average Bonchev–Trinajstić information content (AvgIpc) is 3.24. The van der Waals surface area contributed by atoms with Gasteiger partial charge in [0, 0.05) is 30.4 Å². The number of nitrogens with zero attached hydrogens (tertiary/aromatic N) is 2. The smallest absolute Gasteiger partial charge is 0.274 e. The number of aromatic amines is 1. The number of alkyl halides is 1. The van der Waals surface area contributed by atoms with E-state index in [0.29, 0.717) is 29.8 Å². The number of hydrogen-bond donors (Lipinski definition) is 2. The summed E-state index contributed by atoms with van der Waals surface area (Å²) in [5.41, 5.74) is 5.39. The third-order valence-electron chi connectivity index (χ3n) is 7.65. The van der Waals surface area contributed by atoms with E-state index in [-0.39, 0.29) is 28.7 Å². The highest BCUT2D eigenvalue weighted by molar-refractivity contribution is 6.21. The van der Waals surface area contributed by atoms with Crippen molar-refractivity contribution in [2.24, 2.45) is 5.92 Å². The first-order valence-electron chi connectivity index (χ1n) is 12.5. The number of hydrogen-bond acceptors (Lipinski definition) is 4. The largest absolute Gasteiger partial charge is 0.381 e. The molecule has 0 spiro atoms. The Bertz CT molecular complexity index is 1440. The lowest BCUT2D eigenvalue weighted by atomic mass is 9.91. The summed E-state index contributed by atoms with van der Waals surface area (Å²) < 4.78 is 7.53. The first kappa shape index (κ1) is 22.6. The van der Waals surface area contributed by atoms with E-state index in [2.05, 4.69) is 40.4 Å². The normalized spacial score (nSPS) is 23.9. The number of rotatable bonds is 1. The van der Waals surface area contributed by atoms with Crippen LogP contribution in [-0.2, 0) is 11.2 Å². The molecule has 2 aromatic heterocycles. The SMILES string of the molecule is CC1CCc2cc3c(cc2C(=O)NC2=CCCC(Cl)C=C21)[nH]c(=O)c1cnc(C2CCOCC2)n13. The number of amides is 1. The average molecular weight is 493 g/mol. The van der Waals surface area contributed by atoms with Gasteiger partial charge in [0.2, 0.25) is 0 Å². The third kappa shape index (κ3) is 4.00. The molecular weight excluding hydrogens is 464 g/mol. The van der Waals surface area contributed by atoms with E-state index in [1.54, 1.807) is 6.20 Å². The number of carbonyl (C=O) groups excluding carboxylic acids is 1. The second-order valence-corrected chi connectivity index (χ2v) is 10.5. The minimum absolute atomic E-state index is 0.0352. The minimum atomic E-state index is -0.204. The molecule has 0 saturated carbocycles. The molecule has 1 saturated heterocycles. The van der Waals surface area contributed by atoms with Crippen molar-refractivity contribution in [2.45, 2.75) is 56.7 Å². The van der Waals surface area contributed by atoms with E-state index >= 15 is 0 Å². The lowest BCUT2D eigenvalue weighted by Crippen LogP contribution is -2.25. The molecule has 1 amide bonds.